The van der Waals surface area contributed by atoms with Crippen LogP contribution in [0.25, 0.3) is 0 Å². The van der Waals surface area contributed by atoms with E-state index in [0.29, 0.717) is 18.3 Å². The number of unbranched alkanes of at least 4 members (excludes halogenated alkanes) is 1. The van der Waals surface area contributed by atoms with Gasteiger partial charge in [-0.25, -0.2) is 4.99 Å². The lowest BCUT2D eigenvalue weighted by Crippen LogP contribution is -2.07. The van der Waals surface area contributed by atoms with Gasteiger partial charge in [-0.05, 0) is 30.5 Å². The number of carbonyl (C=O) groups excluding carboxylic acids is 1. The predicted octanol–water partition coefficient (Wildman–Crippen LogP) is 2.10. The molecule has 0 radical (unpaired) electrons. The minimum absolute atomic E-state index is 0.246. The number of carbonyl (C=O) groups is 1. The van der Waals surface area contributed by atoms with E-state index in [4.69, 9.17) is 14.2 Å². The zero-order valence-corrected chi connectivity index (χ0v) is 11.4. The number of aldehydes is 1. The molecule has 2 aliphatic heterocycles. The van der Waals surface area contributed by atoms with Crippen molar-refractivity contribution in [3.8, 4) is 11.5 Å². The van der Waals surface area contributed by atoms with Crippen LogP contribution in [-0.4, -0.2) is 31.6 Å². The normalized spacial score (nSPS) is 19.6. The van der Waals surface area contributed by atoms with Crippen molar-refractivity contribution in [2.45, 2.75) is 32.2 Å². The van der Waals surface area contributed by atoms with Crippen molar-refractivity contribution >= 4 is 12.2 Å². The van der Waals surface area contributed by atoms with Crippen molar-refractivity contribution < 1.29 is 19.0 Å². The van der Waals surface area contributed by atoms with Crippen LogP contribution < -0.4 is 9.47 Å². The minimum atomic E-state index is -0.394. The van der Waals surface area contributed by atoms with Crippen LogP contribution in [0.1, 0.15) is 30.9 Å². The molecular formula is C15H17NO4. The molecule has 0 unspecified atom stereocenters. The van der Waals surface area contributed by atoms with Crippen molar-refractivity contribution in [2.24, 2.45) is 4.99 Å². The Morgan fingerprint density at radius 2 is 2.10 bits per heavy atom. The fourth-order valence-electron chi connectivity index (χ4n) is 2.36. The smallest absolute Gasteiger partial charge is 0.231 e. The third kappa shape index (κ3) is 2.35. The maximum atomic E-state index is 10.8. The summed E-state index contributed by atoms with van der Waals surface area (Å²) >= 11 is 0. The lowest BCUT2D eigenvalue weighted by molar-refractivity contribution is -0.109. The first-order valence-electron chi connectivity index (χ1n) is 6.90. The van der Waals surface area contributed by atoms with Gasteiger partial charge in [0.15, 0.2) is 11.5 Å². The number of hydrogen-bond acceptors (Lipinski definition) is 5. The molecule has 0 amide bonds. The van der Waals surface area contributed by atoms with E-state index >= 15 is 0 Å². The van der Waals surface area contributed by atoms with Crippen molar-refractivity contribution in [2.75, 3.05) is 13.4 Å². The molecule has 106 valence electrons. The molecule has 0 spiro atoms. The monoisotopic (exact) mass is 275 g/mol. The molecule has 1 atom stereocenters. The van der Waals surface area contributed by atoms with Gasteiger partial charge in [0.25, 0.3) is 0 Å². The molecule has 2 aliphatic rings. The minimum Gasteiger partial charge on any atom is -0.475 e. The average Bonchev–Trinajstić information content (AvgIpc) is 3.11. The predicted molar refractivity (Wildman–Crippen MR) is 73.5 cm³/mol. The van der Waals surface area contributed by atoms with E-state index in [1.165, 1.54) is 0 Å². The summed E-state index contributed by atoms with van der Waals surface area (Å²) in [5.41, 5.74) is 2.04. The highest BCUT2D eigenvalue weighted by Crippen LogP contribution is 2.36. The van der Waals surface area contributed by atoms with Gasteiger partial charge in [0.1, 0.15) is 18.9 Å². The first-order valence-corrected chi connectivity index (χ1v) is 6.90. The van der Waals surface area contributed by atoms with Crippen LogP contribution in [0, 0.1) is 0 Å². The zero-order chi connectivity index (χ0) is 13.9. The molecule has 0 saturated heterocycles. The Hall–Kier alpha value is -2.04. The van der Waals surface area contributed by atoms with Crippen LogP contribution in [0.3, 0.4) is 0 Å². The van der Waals surface area contributed by atoms with Crippen molar-refractivity contribution in [1.29, 1.82) is 0 Å². The molecule has 0 saturated carbocycles. The van der Waals surface area contributed by atoms with Gasteiger partial charge >= 0.3 is 0 Å². The Morgan fingerprint density at radius 3 is 2.80 bits per heavy atom. The summed E-state index contributed by atoms with van der Waals surface area (Å²) in [6, 6.07) is 3.50. The van der Waals surface area contributed by atoms with Gasteiger partial charge in [-0.15, -0.1) is 0 Å². The van der Waals surface area contributed by atoms with E-state index in [2.05, 4.69) is 11.9 Å². The van der Waals surface area contributed by atoms with Gasteiger partial charge in [-0.1, -0.05) is 13.3 Å². The van der Waals surface area contributed by atoms with E-state index in [1.807, 2.05) is 12.1 Å². The fourth-order valence-corrected chi connectivity index (χ4v) is 2.36. The van der Waals surface area contributed by atoms with Gasteiger partial charge < -0.3 is 19.0 Å². The Bertz CT molecular complexity index is 553. The second-order valence-electron chi connectivity index (χ2n) is 4.91. The summed E-state index contributed by atoms with van der Waals surface area (Å²) in [5.74, 6) is 2.01. The molecule has 0 aliphatic carbocycles. The molecule has 0 N–H and O–H groups in total. The van der Waals surface area contributed by atoms with Gasteiger partial charge in [-0.2, -0.15) is 0 Å². The quantitative estimate of drug-likeness (QED) is 0.772. The maximum Gasteiger partial charge on any atom is 0.231 e. The van der Waals surface area contributed by atoms with Crippen molar-refractivity contribution in [3.63, 3.8) is 0 Å². The Balaban J connectivity index is 1.97. The van der Waals surface area contributed by atoms with Crippen molar-refractivity contribution in [1.82, 2.24) is 0 Å². The number of rotatable bonds is 5. The lowest BCUT2D eigenvalue weighted by atomic mass is 10.0. The SMILES string of the molecule is CCCCc1cc2c(cc1C1=N[C@@H](C=O)CO1)OCO2. The lowest BCUT2D eigenvalue weighted by Gasteiger charge is -2.10. The van der Waals surface area contributed by atoms with Crippen molar-refractivity contribution in [3.05, 3.63) is 23.3 Å². The molecule has 2 heterocycles. The molecule has 5 nitrogen and oxygen atoms in total. The molecule has 3 rings (SSSR count). The summed E-state index contributed by atoms with van der Waals surface area (Å²) in [7, 11) is 0. The second kappa shape index (κ2) is 5.53. The molecular weight excluding hydrogens is 258 g/mol. The molecule has 0 fully saturated rings. The van der Waals surface area contributed by atoms with Gasteiger partial charge in [0.05, 0.1) is 0 Å². The topological polar surface area (TPSA) is 57.1 Å². The molecule has 20 heavy (non-hydrogen) atoms. The van der Waals surface area contributed by atoms with E-state index in [-0.39, 0.29) is 6.79 Å². The molecule has 1 aromatic rings. The van der Waals surface area contributed by atoms with Crippen LogP contribution in [0.2, 0.25) is 0 Å². The number of aryl methyl sites for hydroxylation is 1. The average molecular weight is 275 g/mol. The second-order valence-corrected chi connectivity index (χ2v) is 4.91. The van der Waals surface area contributed by atoms with Gasteiger partial charge in [0.2, 0.25) is 12.7 Å². The van der Waals surface area contributed by atoms with E-state index in [1.54, 1.807) is 0 Å². The van der Waals surface area contributed by atoms with Crippen LogP contribution in [0.15, 0.2) is 17.1 Å². The van der Waals surface area contributed by atoms with Crippen LogP contribution >= 0.6 is 0 Å². The zero-order valence-electron chi connectivity index (χ0n) is 11.4. The molecule has 0 bridgehead atoms. The largest absolute Gasteiger partial charge is 0.475 e. The molecule has 1 aromatic carbocycles. The number of aliphatic imine (C=N–C) groups is 1. The first kappa shape index (κ1) is 13.0. The van der Waals surface area contributed by atoms with E-state index in [0.717, 1.165) is 42.4 Å². The summed E-state index contributed by atoms with van der Waals surface area (Å²) in [5, 5.41) is 0. The third-order valence-corrected chi connectivity index (χ3v) is 3.46. The van der Waals surface area contributed by atoms with Gasteiger partial charge in [0, 0.05) is 5.56 Å². The number of hydrogen-bond donors (Lipinski definition) is 0. The van der Waals surface area contributed by atoms with Crippen LogP contribution in [-0.2, 0) is 16.0 Å². The number of ether oxygens (including phenoxy) is 3. The van der Waals surface area contributed by atoms with Crippen LogP contribution in [0.5, 0.6) is 11.5 Å². The molecule has 0 aromatic heterocycles. The summed E-state index contributed by atoms with van der Waals surface area (Å²) in [4.78, 5) is 15.1. The summed E-state index contributed by atoms with van der Waals surface area (Å²) < 4.78 is 16.4. The number of fused-ring (bicyclic) bond motifs is 1. The standard InChI is InChI=1S/C15H17NO4/c1-2-3-4-10-5-13-14(20-9-19-13)6-12(10)15-16-11(7-17)8-18-15/h5-7,11H,2-4,8-9H2,1H3/t11-/m0/s1. The Labute approximate surface area is 117 Å². The van der Waals surface area contributed by atoms with Crippen LogP contribution in [0.4, 0.5) is 0 Å². The van der Waals surface area contributed by atoms with E-state index < -0.39 is 6.04 Å². The first-order chi connectivity index (χ1) is 9.81. The highest BCUT2D eigenvalue weighted by atomic mass is 16.7. The highest BCUT2D eigenvalue weighted by Gasteiger charge is 2.25. The summed E-state index contributed by atoms with van der Waals surface area (Å²) in [6.07, 6.45) is 3.93. The summed E-state index contributed by atoms with van der Waals surface area (Å²) in [6.45, 7) is 2.72. The fraction of sp³-hybridized carbons (Fsp3) is 0.467. The number of benzene rings is 1. The molecule has 5 heteroatoms. The van der Waals surface area contributed by atoms with Gasteiger partial charge in [-0.3, -0.25) is 0 Å². The Kier molecular flexibility index (Phi) is 3.58. The third-order valence-electron chi connectivity index (χ3n) is 3.46. The number of nitrogens with zero attached hydrogens (tertiary/aromatic N) is 1. The highest BCUT2D eigenvalue weighted by molar-refractivity contribution is 5.98. The Morgan fingerprint density at radius 1 is 1.30 bits per heavy atom. The van der Waals surface area contributed by atoms with E-state index in [9.17, 15) is 4.79 Å². The maximum absolute atomic E-state index is 10.8.